The summed E-state index contributed by atoms with van der Waals surface area (Å²) in [4.78, 5) is 4.12. The average Bonchev–Trinajstić information content (AvgIpc) is 2.64. The molecule has 3 rings (SSSR count). The molecule has 0 fully saturated rings. The predicted molar refractivity (Wildman–Crippen MR) is 74.2 cm³/mol. The van der Waals surface area contributed by atoms with Crippen molar-refractivity contribution < 1.29 is 9.47 Å². The first-order chi connectivity index (χ1) is 9.03. The van der Waals surface area contributed by atoms with Crippen LogP contribution < -0.4 is 9.47 Å². The lowest BCUT2D eigenvalue weighted by molar-refractivity contribution is 0.135. The normalized spacial score (nSPS) is 15.7. The Bertz CT molecular complexity index is 625. The molecule has 1 aromatic heterocycles. The van der Waals surface area contributed by atoms with Crippen LogP contribution in [0.3, 0.4) is 0 Å². The molecule has 0 saturated heterocycles. The van der Waals surface area contributed by atoms with E-state index in [4.69, 9.17) is 21.1 Å². The minimum Gasteiger partial charge on any atom is -0.483 e. The van der Waals surface area contributed by atoms with Crippen LogP contribution in [0, 0.1) is 0 Å². The standard InChI is InChI=1S/C15H14ClNO2/c1-15(2)9-10-5-3-6-11(14(10)19-15)18-13-8-4-7-12(16)17-13/h3-8H,9H2,1-2H3. The summed E-state index contributed by atoms with van der Waals surface area (Å²) in [5.41, 5.74) is 0.966. The number of ether oxygens (including phenoxy) is 2. The Kier molecular flexibility index (Phi) is 2.86. The Morgan fingerprint density at radius 2 is 2.00 bits per heavy atom. The van der Waals surface area contributed by atoms with Gasteiger partial charge in [0.25, 0.3) is 0 Å². The first-order valence-electron chi connectivity index (χ1n) is 6.15. The monoisotopic (exact) mass is 275 g/mol. The van der Waals surface area contributed by atoms with Gasteiger partial charge in [0.05, 0.1) is 0 Å². The van der Waals surface area contributed by atoms with E-state index < -0.39 is 0 Å². The van der Waals surface area contributed by atoms with Crippen molar-refractivity contribution >= 4 is 11.6 Å². The first-order valence-corrected chi connectivity index (χ1v) is 6.53. The lowest BCUT2D eigenvalue weighted by Crippen LogP contribution is -2.24. The van der Waals surface area contributed by atoms with E-state index >= 15 is 0 Å². The van der Waals surface area contributed by atoms with Gasteiger partial charge in [-0.15, -0.1) is 0 Å². The van der Waals surface area contributed by atoms with Crippen LogP contribution in [0.1, 0.15) is 19.4 Å². The maximum atomic E-state index is 5.94. The Hall–Kier alpha value is -1.74. The van der Waals surface area contributed by atoms with Gasteiger partial charge in [-0.25, -0.2) is 4.98 Å². The van der Waals surface area contributed by atoms with Gasteiger partial charge < -0.3 is 9.47 Å². The molecule has 3 nitrogen and oxygen atoms in total. The first kappa shape index (κ1) is 12.3. The number of aromatic nitrogens is 1. The van der Waals surface area contributed by atoms with Gasteiger partial charge in [0, 0.05) is 18.1 Å². The van der Waals surface area contributed by atoms with E-state index in [1.165, 1.54) is 0 Å². The maximum absolute atomic E-state index is 5.94. The van der Waals surface area contributed by atoms with Crippen LogP contribution in [0.5, 0.6) is 17.4 Å². The number of rotatable bonds is 2. The molecule has 0 spiro atoms. The van der Waals surface area contributed by atoms with Crippen molar-refractivity contribution in [3.05, 3.63) is 47.1 Å². The molecule has 0 N–H and O–H groups in total. The molecule has 1 aliphatic rings. The number of benzene rings is 1. The van der Waals surface area contributed by atoms with Crippen molar-refractivity contribution in [1.82, 2.24) is 4.98 Å². The van der Waals surface area contributed by atoms with Gasteiger partial charge in [0.2, 0.25) is 5.88 Å². The summed E-state index contributed by atoms with van der Waals surface area (Å²) in [6.07, 6.45) is 0.877. The fraction of sp³-hybridized carbons (Fsp3) is 0.267. The van der Waals surface area contributed by atoms with Gasteiger partial charge in [-0.1, -0.05) is 29.8 Å². The number of para-hydroxylation sites is 1. The van der Waals surface area contributed by atoms with Crippen LogP contribution in [-0.4, -0.2) is 10.6 Å². The summed E-state index contributed by atoms with van der Waals surface area (Å²) >= 11 is 5.85. The summed E-state index contributed by atoms with van der Waals surface area (Å²) in [6, 6.07) is 11.2. The lowest BCUT2D eigenvalue weighted by Gasteiger charge is -2.18. The van der Waals surface area contributed by atoms with Crippen molar-refractivity contribution in [3.8, 4) is 17.4 Å². The van der Waals surface area contributed by atoms with Gasteiger partial charge in [-0.2, -0.15) is 0 Å². The van der Waals surface area contributed by atoms with E-state index in [0.29, 0.717) is 16.8 Å². The Morgan fingerprint density at radius 3 is 2.79 bits per heavy atom. The van der Waals surface area contributed by atoms with Crippen molar-refractivity contribution in [1.29, 1.82) is 0 Å². The summed E-state index contributed by atoms with van der Waals surface area (Å²) in [5.74, 6) is 1.95. The average molecular weight is 276 g/mol. The summed E-state index contributed by atoms with van der Waals surface area (Å²) in [5, 5.41) is 0.409. The molecule has 0 saturated carbocycles. The lowest BCUT2D eigenvalue weighted by atomic mass is 10.0. The van der Waals surface area contributed by atoms with Crippen LogP contribution in [0.4, 0.5) is 0 Å². The molecule has 0 amide bonds. The molecule has 1 aliphatic heterocycles. The number of pyridine rings is 1. The molecule has 2 heterocycles. The van der Waals surface area contributed by atoms with Gasteiger partial charge >= 0.3 is 0 Å². The number of halogens is 1. The topological polar surface area (TPSA) is 31.4 Å². The summed E-state index contributed by atoms with van der Waals surface area (Å²) in [6.45, 7) is 4.13. The van der Waals surface area contributed by atoms with E-state index in [-0.39, 0.29) is 5.60 Å². The molecule has 2 aromatic rings. The van der Waals surface area contributed by atoms with E-state index in [1.54, 1.807) is 18.2 Å². The van der Waals surface area contributed by atoms with Gasteiger partial charge in [0.1, 0.15) is 10.8 Å². The zero-order valence-electron chi connectivity index (χ0n) is 10.8. The van der Waals surface area contributed by atoms with Crippen LogP contribution in [0.2, 0.25) is 5.15 Å². The van der Waals surface area contributed by atoms with Crippen molar-refractivity contribution in [2.45, 2.75) is 25.9 Å². The maximum Gasteiger partial charge on any atom is 0.220 e. The van der Waals surface area contributed by atoms with Gasteiger partial charge in [-0.05, 0) is 26.0 Å². The Labute approximate surface area is 117 Å². The molecule has 19 heavy (non-hydrogen) atoms. The van der Waals surface area contributed by atoms with Crippen molar-refractivity contribution in [3.63, 3.8) is 0 Å². The molecule has 98 valence electrons. The van der Waals surface area contributed by atoms with Gasteiger partial charge in [-0.3, -0.25) is 0 Å². The minimum atomic E-state index is -0.191. The van der Waals surface area contributed by atoms with Crippen LogP contribution in [0.25, 0.3) is 0 Å². The van der Waals surface area contributed by atoms with Crippen LogP contribution in [0.15, 0.2) is 36.4 Å². The number of hydrogen-bond donors (Lipinski definition) is 0. The zero-order valence-corrected chi connectivity index (χ0v) is 11.6. The number of nitrogens with zero attached hydrogens (tertiary/aromatic N) is 1. The third-order valence-corrected chi connectivity index (χ3v) is 3.17. The van der Waals surface area contributed by atoms with Crippen molar-refractivity contribution in [2.24, 2.45) is 0 Å². The van der Waals surface area contributed by atoms with E-state index in [0.717, 1.165) is 17.7 Å². The largest absolute Gasteiger partial charge is 0.483 e. The van der Waals surface area contributed by atoms with Gasteiger partial charge in [0.15, 0.2) is 11.5 Å². The predicted octanol–water partition coefficient (Wildman–Crippen LogP) is 4.24. The number of fused-ring (bicyclic) bond motifs is 1. The molecule has 0 radical (unpaired) electrons. The molecule has 0 atom stereocenters. The minimum absolute atomic E-state index is 0.191. The fourth-order valence-corrected chi connectivity index (χ4v) is 2.38. The van der Waals surface area contributed by atoms with E-state index in [1.807, 2.05) is 12.1 Å². The quantitative estimate of drug-likeness (QED) is 0.768. The number of hydrogen-bond acceptors (Lipinski definition) is 3. The second-order valence-electron chi connectivity index (χ2n) is 5.18. The van der Waals surface area contributed by atoms with Crippen LogP contribution in [-0.2, 0) is 6.42 Å². The fourth-order valence-electron chi connectivity index (χ4n) is 2.23. The van der Waals surface area contributed by atoms with Crippen molar-refractivity contribution in [2.75, 3.05) is 0 Å². The molecule has 0 aliphatic carbocycles. The highest BCUT2D eigenvalue weighted by molar-refractivity contribution is 6.29. The third kappa shape index (κ3) is 2.51. The molecular formula is C15H14ClNO2. The highest BCUT2D eigenvalue weighted by atomic mass is 35.5. The smallest absolute Gasteiger partial charge is 0.220 e. The zero-order chi connectivity index (χ0) is 13.5. The molecule has 0 bridgehead atoms. The summed E-state index contributed by atoms with van der Waals surface area (Å²) < 4.78 is 11.7. The molecular weight excluding hydrogens is 262 g/mol. The second kappa shape index (κ2) is 4.42. The van der Waals surface area contributed by atoms with E-state index in [2.05, 4.69) is 24.9 Å². The Balaban J connectivity index is 1.94. The van der Waals surface area contributed by atoms with Crippen LogP contribution >= 0.6 is 11.6 Å². The highest BCUT2D eigenvalue weighted by Crippen LogP contribution is 2.43. The molecule has 4 heteroatoms. The second-order valence-corrected chi connectivity index (χ2v) is 5.57. The molecule has 1 aromatic carbocycles. The highest BCUT2D eigenvalue weighted by Gasteiger charge is 2.32. The SMILES string of the molecule is CC1(C)Cc2cccc(Oc3cccc(Cl)n3)c2O1. The van der Waals surface area contributed by atoms with E-state index in [9.17, 15) is 0 Å². The third-order valence-electron chi connectivity index (χ3n) is 2.96. The summed E-state index contributed by atoms with van der Waals surface area (Å²) in [7, 11) is 0. The Morgan fingerprint density at radius 1 is 1.21 bits per heavy atom. The molecule has 0 unspecified atom stereocenters.